The van der Waals surface area contributed by atoms with Crippen molar-refractivity contribution in [3.8, 4) is 0 Å². The lowest BCUT2D eigenvalue weighted by atomic mass is 10.1. The summed E-state index contributed by atoms with van der Waals surface area (Å²) >= 11 is 1.78. The van der Waals surface area contributed by atoms with E-state index >= 15 is 0 Å². The average molecular weight is 317 g/mol. The van der Waals surface area contributed by atoms with Gasteiger partial charge in [-0.1, -0.05) is 25.8 Å². The molecule has 0 spiro atoms. The average Bonchev–Trinajstić information content (AvgIpc) is 2.39. The number of nitrogens with two attached hydrogens (primary N) is 1. The molecule has 0 aliphatic heterocycles. The van der Waals surface area contributed by atoms with E-state index in [1.807, 2.05) is 18.2 Å². The topological polar surface area (TPSA) is 55.1 Å². The standard InChI is InChI=1S/C15H24N2OS.ClH/c1-2-19-14-9-7-8-13(12-14)17-15(18)10-5-3-4-6-11-16;/h7-9,12H,2-6,10-11,16H2,1H3,(H,17,18);1H. The minimum absolute atomic E-state index is 0. The van der Waals surface area contributed by atoms with Crippen LogP contribution in [0.2, 0.25) is 0 Å². The van der Waals surface area contributed by atoms with E-state index in [1.165, 1.54) is 4.90 Å². The lowest BCUT2D eigenvalue weighted by molar-refractivity contribution is -0.116. The monoisotopic (exact) mass is 316 g/mol. The number of rotatable bonds is 9. The molecule has 3 N–H and O–H groups in total. The van der Waals surface area contributed by atoms with Gasteiger partial charge in [-0.25, -0.2) is 0 Å². The first-order valence-electron chi connectivity index (χ1n) is 6.99. The Hall–Kier alpha value is -0.710. The fraction of sp³-hybridized carbons (Fsp3) is 0.533. The van der Waals surface area contributed by atoms with Crippen LogP contribution in [-0.4, -0.2) is 18.2 Å². The first kappa shape index (κ1) is 19.3. The molecule has 0 aliphatic rings. The number of unbranched alkanes of at least 4 members (excludes halogenated alkanes) is 3. The molecule has 0 aliphatic carbocycles. The fourth-order valence-corrected chi connectivity index (χ4v) is 2.56. The van der Waals surface area contributed by atoms with Crippen LogP contribution in [-0.2, 0) is 4.79 Å². The Kier molecular flexibility index (Phi) is 11.6. The second-order valence-corrected chi connectivity index (χ2v) is 5.80. The highest BCUT2D eigenvalue weighted by molar-refractivity contribution is 7.99. The summed E-state index contributed by atoms with van der Waals surface area (Å²) in [4.78, 5) is 13.0. The van der Waals surface area contributed by atoms with Crippen LogP contribution >= 0.6 is 24.2 Å². The zero-order chi connectivity index (χ0) is 13.9. The second kappa shape index (κ2) is 12.1. The number of carbonyl (C=O) groups is 1. The molecular formula is C15H25ClN2OS. The van der Waals surface area contributed by atoms with Crippen molar-refractivity contribution < 1.29 is 4.79 Å². The maximum absolute atomic E-state index is 11.8. The van der Waals surface area contributed by atoms with E-state index in [0.717, 1.165) is 43.7 Å². The third-order valence-electron chi connectivity index (χ3n) is 2.79. The van der Waals surface area contributed by atoms with Gasteiger partial charge in [-0.15, -0.1) is 24.2 Å². The second-order valence-electron chi connectivity index (χ2n) is 4.46. The maximum Gasteiger partial charge on any atom is 0.224 e. The Labute approximate surface area is 132 Å². The van der Waals surface area contributed by atoms with Crippen LogP contribution < -0.4 is 11.1 Å². The Morgan fingerprint density at radius 3 is 2.70 bits per heavy atom. The molecule has 1 rings (SSSR count). The summed E-state index contributed by atoms with van der Waals surface area (Å²) in [5, 5.41) is 2.95. The Morgan fingerprint density at radius 1 is 1.25 bits per heavy atom. The fourth-order valence-electron chi connectivity index (χ4n) is 1.84. The SMILES string of the molecule is CCSc1cccc(NC(=O)CCCCCCN)c1.Cl. The van der Waals surface area contributed by atoms with Gasteiger partial charge in [-0.2, -0.15) is 0 Å². The smallest absolute Gasteiger partial charge is 0.224 e. The molecule has 0 fully saturated rings. The highest BCUT2D eigenvalue weighted by atomic mass is 35.5. The van der Waals surface area contributed by atoms with Crippen molar-refractivity contribution in [3.63, 3.8) is 0 Å². The van der Waals surface area contributed by atoms with E-state index in [2.05, 4.69) is 18.3 Å². The zero-order valence-corrected chi connectivity index (χ0v) is 13.7. The summed E-state index contributed by atoms with van der Waals surface area (Å²) in [7, 11) is 0. The number of nitrogens with one attached hydrogen (secondary N) is 1. The van der Waals surface area contributed by atoms with Gasteiger partial charge in [-0.3, -0.25) is 4.79 Å². The zero-order valence-electron chi connectivity index (χ0n) is 12.1. The predicted molar refractivity (Wildman–Crippen MR) is 90.9 cm³/mol. The van der Waals surface area contributed by atoms with Crippen LogP contribution in [0.4, 0.5) is 5.69 Å². The normalized spacial score (nSPS) is 9.90. The molecule has 0 atom stereocenters. The molecule has 0 saturated carbocycles. The molecule has 1 aromatic rings. The molecule has 20 heavy (non-hydrogen) atoms. The molecule has 0 aromatic heterocycles. The van der Waals surface area contributed by atoms with E-state index < -0.39 is 0 Å². The first-order chi connectivity index (χ1) is 9.26. The number of halogens is 1. The van der Waals surface area contributed by atoms with Crippen LogP contribution in [0, 0.1) is 0 Å². The van der Waals surface area contributed by atoms with Crippen molar-refractivity contribution in [1.82, 2.24) is 0 Å². The lowest BCUT2D eigenvalue weighted by Crippen LogP contribution is -2.11. The highest BCUT2D eigenvalue weighted by Gasteiger charge is 2.03. The molecule has 1 aromatic carbocycles. The third-order valence-corrected chi connectivity index (χ3v) is 3.66. The summed E-state index contributed by atoms with van der Waals surface area (Å²) in [6.45, 7) is 2.87. The van der Waals surface area contributed by atoms with Crippen LogP contribution in [0.15, 0.2) is 29.2 Å². The van der Waals surface area contributed by atoms with Crippen molar-refractivity contribution >= 4 is 35.8 Å². The molecule has 0 heterocycles. The van der Waals surface area contributed by atoms with Crippen molar-refractivity contribution in [3.05, 3.63) is 24.3 Å². The number of carbonyl (C=O) groups excluding carboxylic acids is 1. The van der Waals surface area contributed by atoms with Crippen LogP contribution in [0.5, 0.6) is 0 Å². The number of hydrogen-bond donors (Lipinski definition) is 2. The number of amides is 1. The number of anilines is 1. The van der Waals surface area contributed by atoms with E-state index in [9.17, 15) is 4.79 Å². The Balaban J connectivity index is 0.00000361. The Bertz CT molecular complexity index is 388. The van der Waals surface area contributed by atoms with Crippen molar-refractivity contribution in [2.75, 3.05) is 17.6 Å². The highest BCUT2D eigenvalue weighted by Crippen LogP contribution is 2.21. The predicted octanol–water partition coefficient (Wildman–Crippen LogP) is 4.07. The number of hydrogen-bond acceptors (Lipinski definition) is 3. The summed E-state index contributed by atoms with van der Waals surface area (Å²) in [6, 6.07) is 8.01. The van der Waals surface area contributed by atoms with Crippen molar-refractivity contribution in [2.45, 2.75) is 43.9 Å². The third kappa shape index (κ3) is 8.46. The van der Waals surface area contributed by atoms with E-state index in [0.29, 0.717) is 6.42 Å². The molecule has 5 heteroatoms. The van der Waals surface area contributed by atoms with Gasteiger partial charge in [-0.05, 0) is 43.3 Å². The van der Waals surface area contributed by atoms with E-state index in [-0.39, 0.29) is 18.3 Å². The minimum atomic E-state index is 0. The van der Waals surface area contributed by atoms with Crippen LogP contribution in [0.1, 0.15) is 39.0 Å². The van der Waals surface area contributed by atoms with Gasteiger partial charge in [0.2, 0.25) is 5.91 Å². The van der Waals surface area contributed by atoms with Crippen molar-refractivity contribution in [2.24, 2.45) is 5.73 Å². The minimum Gasteiger partial charge on any atom is -0.330 e. The summed E-state index contributed by atoms with van der Waals surface area (Å²) in [5.41, 5.74) is 6.32. The molecule has 1 amide bonds. The molecule has 0 bridgehead atoms. The largest absolute Gasteiger partial charge is 0.330 e. The van der Waals surface area contributed by atoms with E-state index in [1.54, 1.807) is 11.8 Å². The van der Waals surface area contributed by atoms with Gasteiger partial charge in [0.05, 0.1) is 0 Å². The first-order valence-corrected chi connectivity index (χ1v) is 7.97. The molecular weight excluding hydrogens is 292 g/mol. The number of benzene rings is 1. The molecule has 0 unspecified atom stereocenters. The molecule has 114 valence electrons. The van der Waals surface area contributed by atoms with Gasteiger partial charge >= 0.3 is 0 Å². The maximum atomic E-state index is 11.8. The van der Waals surface area contributed by atoms with Crippen LogP contribution in [0.25, 0.3) is 0 Å². The van der Waals surface area contributed by atoms with Crippen molar-refractivity contribution in [1.29, 1.82) is 0 Å². The van der Waals surface area contributed by atoms with E-state index in [4.69, 9.17) is 5.73 Å². The van der Waals surface area contributed by atoms with Gasteiger partial charge in [0.1, 0.15) is 0 Å². The Morgan fingerprint density at radius 2 is 2.00 bits per heavy atom. The van der Waals surface area contributed by atoms with Gasteiger partial charge < -0.3 is 11.1 Å². The summed E-state index contributed by atoms with van der Waals surface area (Å²) in [5.74, 6) is 1.14. The van der Waals surface area contributed by atoms with Gasteiger partial charge in [0, 0.05) is 17.0 Å². The molecule has 0 saturated heterocycles. The molecule has 0 radical (unpaired) electrons. The summed E-state index contributed by atoms with van der Waals surface area (Å²) < 4.78 is 0. The lowest BCUT2D eigenvalue weighted by Gasteiger charge is -2.07. The summed E-state index contributed by atoms with van der Waals surface area (Å²) in [6.07, 6.45) is 4.78. The number of thioether (sulfide) groups is 1. The van der Waals surface area contributed by atoms with Gasteiger partial charge in [0.15, 0.2) is 0 Å². The quantitative estimate of drug-likeness (QED) is 0.533. The van der Waals surface area contributed by atoms with Crippen LogP contribution in [0.3, 0.4) is 0 Å². The molecule has 3 nitrogen and oxygen atoms in total. The van der Waals surface area contributed by atoms with Gasteiger partial charge in [0.25, 0.3) is 0 Å².